The largest absolute Gasteiger partial charge is 0.514 e. The lowest BCUT2D eigenvalue weighted by atomic mass is 10.3. The number of likely N-dealkylation sites (tertiary alicyclic amines) is 1. The van der Waals surface area contributed by atoms with Gasteiger partial charge in [0.1, 0.15) is 0 Å². The van der Waals surface area contributed by atoms with Gasteiger partial charge in [-0.15, -0.1) is 9.45 Å². The van der Waals surface area contributed by atoms with E-state index in [-0.39, 0.29) is 5.91 Å². The third kappa shape index (κ3) is 3.64. The average molecular weight is 259 g/mol. The molecule has 0 N–H and O–H groups in total. The van der Waals surface area contributed by atoms with E-state index in [0.717, 1.165) is 25.9 Å². The molecule has 6 nitrogen and oxygen atoms in total. The lowest BCUT2D eigenvalue weighted by molar-refractivity contribution is -0.141. The summed E-state index contributed by atoms with van der Waals surface area (Å²) in [6.45, 7) is 4.19. The van der Waals surface area contributed by atoms with Crippen molar-refractivity contribution in [2.45, 2.75) is 12.8 Å². The third-order valence-corrected chi connectivity index (χ3v) is 3.35. The Balaban J connectivity index is 1.69. The molecule has 0 aromatic carbocycles. The highest BCUT2D eigenvalue weighted by molar-refractivity contribution is 5.78. The van der Waals surface area contributed by atoms with E-state index in [0.29, 0.717) is 32.7 Å². The Morgan fingerprint density at radius 1 is 1.00 bits per heavy atom. The van der Waals surface area contributed by atoms with Gasteiger partial charge >= 0.3 is 6.22 Å². The molecular formula is C11H18FN3O3. The van der Waals surface area contributed by atoms with Crippen LogP contribution in [0.2, 0.25) is 0 Å². The first kappa shape index (κ1) is 13.2. The van der Waals surface area contributed by atoms with Gasteiger partial charge < -0.3 is 9.74 Å². The number of piperazine rings is 1. The van der Waals surface area contributed by atoms with E-state index in [1.165, 1.54) is 5.06 Å². The molecule has 2 aliphatic rings. The van der Waals surface area contributed by atoms with Gasteiger partial charge in [0.25, 0.3) is 0 Å². The summed E-state index contributed by atoms with van der Waals surface area (Å²) in [4.78, 5) is 30.3. The van der Waals surface area contributed by atoms with Crippen molar-refractivity contribution in [2.24, 2.45) is 0 Å². The SMILES string of the molecule is O=C(F)ON1CCN(CC(=O)N2CCCC2)CC1. The van der Waals surface area contributed by atoms with E-state index < -0.39 is 6.22 Å². The summed E-state index contributed by atoms with van der Waals surface area (Å²) in [5.41, 5.74) is 0. The second-order valence-corrected chi connectivity index (χ2v) is 4.62. The number of rotatable bonds is 3. The highest BCUT2D eigenvalue weighted by Gasteiger charge is 2.24. The molecule has 102 valence electrons. The molecule has 2 aliphatic heterocycles. The van der Waals surface area contributed by atoms with Gasteiger partial charge in [0, 0.05) is 39.3 Å². The molecule has 0 radical (unpaired) electrons. The molecule has 2 fully saturated rings. The Hall–Kier alpha value is -1.21. The minimum Gasteiger partial charge on any atom is -0.342 e. The number of amides is 1. The number of hydrogen-bond donors (Lipinski definition) is 0. The van der Waals surface area contributed by atoms with Crippen molar-refractivity contribution in [3.8, 4) is 0 Å². The van der Waals surface area contributed by atoms with Gasteiger partial charge in [-0.1, -0.05) is 0 Å². The lowest BCUT2D eigenvalue weighted by Crippen LogP contribution is -2.49. The normalized spacial score (nSPS) is 22.2. The fraction of sp³-hybridized carbons (Fsp3) is 0.818. The number of hydroxylamine groups is 2. The van der Waals surface area contributed by atoms with Crippen molar-refractivity contribution in [1.82, 2.24) is 14.9 Å². The molecule has 7 heteroatoms. The molecular weight excluding hydrogens is 241 g/mol. The van der Waals surface area contributed by atoms with Crippen LogP contribution in [0, 0.1) is 0 Å². The van der Waals surface area contributed by atoms with Crippen molar-refractivity contribution < 1.29 is 18.8 Å². The molecule has 0 aromatic heterocycles. The van der Waals surface area contributed by atoms with Crippen LogP contribution in [0.4, 0.5) is 9.18 Å². The predicted octanol–water partition coefficient (Wildman–Crippen LogP) is 0.248. The van der Waals surface area contributed by atoms with Crippen LogP contribution in [-0.2, 0) is 9.63 Å². The second-order valence-electron chi connectivity index (χ2n) is 4.62. The maximum absolute atomic E-state index is 12.0. The van der Waals surface area contributed by atoms with Crippen LogP contribution < -0.4 is 0 Å². The molecule has 0 bridgehead atoms. The topological polar surface area (TPSA) is 53.1 Å². The van der Waals surface area contributed by atoms with E-state index >= 15 is 0 Å². The first-order valence-corrected chi connectivity index (χ1v) is 6.27. The smallest absolute Gasteiger partial charge is 0.342 e. The zero-order chi connectivity index (χ0) is 13.0. The van der Waals surface area contributed by atoms with Crippen molar-refractivity contribution in [2.75, 3.05) is 45.8 Å². The summed E-state index contributed by atoms with van der Waals surface area (Å²) in [6.07, 6.45) is 0.398. The first-order chi connectivity index (χ1) is 8.65. The summed E-state index contributed by atoms with van der Waals surface area (Å²) in [6, 6.07) is 0. The summed E-state index contributed by atoms with van der Waals surface area (Å²) in [5, 5.41) is 1.29. The van der Waals surface area contributed by atoms with Crippen molar-refractivity contribution in [3.63, 3.8) is 0 Å². The molecule has 0 aromatic rings. The van der Waals surface area contributed by atoms with Crippen LogP contribution in [0.15, 0.2) is 0 Å². The minimum absolute atomic E-state index is 0.156. The molecule has 18 heavy (non-hydrogen) atoms. The minimum atomic E-state index is -1.78. The van der Waals surface area contributed by atoms with Crippen LogP contribution in [0.5, 0.6) is 0 Å². The van der Waals surface area contributed by atoms with Gasteiger partial charge in [-0.05, 0) is 12.8 Å². The summed E-state index contributed by atoms with van der Waals surface area (Å²) in [7, 11) is 0. The van der Waals surface area contributed by atoms with E-state index in [1.807, 2.05) is 9.80 Å². The Kier molecular flexibility index (Phi) is 4.48. The predicted molar refractivity (Wildman–Crippen MR) is 61.4 cm³/mol. The summed E-state index contributed by atoms with van der Waals surface area (Å²) in [5.74, 6) is 0.156. The number of halogens is 1. The fourth-order valence-electron chi connectivity index (χ4n) is 2.34. The summed E-state index contributed by atoms with van der Waals surface area (Å²) < 4.78 is 12.0. The van der Waals surface area contributed by atoms with Crippen molar-refractivity contribution >= 4 is 12.1 Å². The zero-order valence-electron chi connectivity index (χ0n) is 10.3. The van der Waals surface area contributed by atoms with Crippen molar-refractivity contribution in [3.05, 3.63) is 0 Å². The van der Waals surface area contributed by atoms with Crippen LogP contribution >= 0.6 is 0 Å². The van der Waals surface area contributed by atoms with E-state index in [9.17, 15) is 14.0 Å². The maximum Gasteiger partial charge on any atom is 0.514 e. The van der Waals surface area contributed by atoms with E-state index in [2.05, 4.69) is 4.84 Å². The van der Waals surface area contributed by atoms with Crippen LogP contribution in [0.3, 0.4) is 0 Å². The molecule has 2 rings (SSSR count). The molecule has 0 unspecified atom stereocenters. The average Bonchev–Trinajstić information content (AvgIpc) is 2.84. The zero-order valence-corrected chi connectivity index (χ0v) is 10.3. The van der Waals surface area contributed by atoms with E-state index in [4.69, 9.17) is 0 Å². The number of hydrogen-bond acceptors (Lipinski definition) is 5. The Morgan fingerprint density at radius 2 is 1.61 bits per heavy atom. The molecule has 0 spiro atoms. The first-order valence-electron chi connectivity index (χ1n) is 6.27. The van der Waals surface area contributed by atoms with Gasteiger partial charge in [-0.2, -0.15) is 0 Å². The van der Waals surface area contributed by atoms with Gasteiger partial charge in [-0.25, -0.2) is 4.79 Å². The standard InChI is InChI=1S/C11H18FN3O3/c12-11(17)18-15-7-5-13(6-8-15)9-10(16)14-3-1-2-4-14/h1-9H2. The van der Waals surface area contributed by atoms with Gasteiger partial charge in [-0.3, -0.25) is 9.69 Å². The second kappa shape index (κ2) is 6.10. The molecule has 2 heterocycles. The number of nitrogens with zero attached hydrogens (tertiary/aromatic N) is 3. The quantitative estimate of drug-likeness (QED) is 0.680. The molecule has 0 aliphatic carbocycles. The monoisotopic (exact) mass is 259 g/mol. The Morgan fingerprint density at radius 3 is 2.17 bits per heavy atom. The van der Waals surface area contributed by atoms with Gasteiger partial charge in [0.2, 0.25) is 5.91 Å². The molecule has 1 amide bonds. The van der Waals surface area contributed by atoms with Crippen LogP contribution in [0.1, 0.15) is 12.8 Å². The molecule has 0 atom stereocenters. The fourth-order valence-corrected chi connectivity index (χ4v) is 2.34. The maximum atomic E-state index is 12.0. The van der Waals surface area contributed by atoms with Crippen LogP contribution in [-0.4, -0.2) is 72.8 Å². The third-order valence-electron chi connectivity index (χ3n) is 3.35. The molecule has 0 saturated carbocycles. The number of carbonyl (C=O) groups is 2. The van der Waals surface area contributed by atoms with Crippen molar-refractivity contribution in [1.29, 1.82) is 0 Å². The van der Waals surface area contributed by atoms with Gasteiger partial charge in [0.05, 0.1) is 6.54 Å². The van der Waals surface area contributed by atoms with Crippen LogP contribution in [0.25, 0.3) is 0 Å². The lowest BCUT2D eigenvalue weighted by Gasteiger charge is -2.32. The van der Waals surface area contributed by atoms with E-state index in [1.54, 1.807) is 0 Å². The highest BCUT2D eigenvalue weighted by atomic mass is 19.1. The highest BCUT2D eigenvalue weighted by Crippen LogP contribution is 2.09. The molecule has 2 saturated heterocycles. The number of carbonyl (C=O) groups excluding carboxylic acids is 2. The Labute approximate surface area is 105 Å². The van der Waals surface area contributed by atoms with Gasteiger partial charge in [0.15, 0.2) is 0 Å². The summed E-state index contributed by atoms with van der Waals surface area (Å²) >= 11 is 0. The Bertz CT molecular complexity index is 313.